The highest BCUT2D eigenvalue weighted by molar-refractivity contribution is 7.89. The van der Waals surface area contributed by atoms with E-state index in [-0.39, 0.29) is 5.75 Å². The van der Waals surface area contributed by atoms with E-state index in [1.807, 2.05) is 24.3 Å². The minimum Gasteiger partial charge on any atom is -0.461 e. The minimum atomic E-state index is -2.98. The molecule has 0 spiro atoms. The first kappa shape index (κ1) is 13.1. The van der Waals surface area contributed by atoms with Crippen molar-refractivity contribution in [1.29, 1.82) is 0 Å². The first-order chi connectivity index (χ1) is 8.48. The van der Waals surface area contributed by atoms with Gasteiger partial charge in [-0.1, -0.05) is 19.4 Å². The van der Waals surface area contributed by atoms with Gasteiger partial charge in [-0.3, -0.25) is 0 Å². The molecule has 0 aliphatic carbocycles. The van der Waals surface area contributed by atoms with Crippen molar-refractivity contribution in [2.45, 2.75) is 31.9 Å². The van der Waals surface area contributed by atoms with Crippen LogP contribution >= 0.6 is 0 Å². The Labute approximate surface area is 108 Å². The monoisotopic (exact) mass is 266 g/mol. The normalized spacial score (nSPS) is 12.1. The Hall–Kier alpha value is -1.29. The number of fused-ring (bicyclic) bond motifs is 1. The molecule has 98 valence electrons. The van der Waals surface area contributed by atoms with Gasteiger partial charge in [-0.2, -0.15) is 0 Å². The highest BCUT2D eigenvalue weighted by Crippen LogP contribution is 2.22. The third-order valence-corrected chi connectivity index (χ3v) is 3.70. The van der Waals surface area contributed by atoms with Crippen LogP contribution in [0.3, 0.4) is 0 Å². The van der Waals surface area contributed by atoms with Crippen LogP contribution < -0.4 is 0 Å². The second kappa shape index (κ2) is 5.14. The van der Waals surface area contributed by atoms with Crippen molar-refractivity contribution in [2.24, 2.45) is 0 Å². The Bertz CT molecular complexity index is 638. The molecule has 18 heavy (non-hydrogen) atoms. The molecular weight excluding hydrogens is 248 g/mol. The van der Waals surface area contributed by atoms with Crippen molar-refractivity contribution in [2.75, 3.05) is 6.26 Å². The van der Waals surface area contributed by atoms with Crippen LogP contribution in [0.1, 0.15) is 31.1 Å². The highest BCUT2D eigenvalue weighted by atomic mass is 32.2. The van der Waals surface area contributed by atoms with Crippen molar-refractivity contribution in [3.63, 3.8) is 0 Å². The lowest BCUT2D eigenvalue weighted by Crippen LogP contribution is -2.00. The average Bonchev–Trinajstić information content (AvgIpc) is 2.66. The molecule has 0 unspecified atom stereocenters. The van der Waals surface area contributed by atoms with E-state index < -0.39 is 9.84 Å². The Morgan fingerprint density at radius 1 is 1.22 bits per heavy atom. The fourth-order valence-corrected chi connectivity index (χ4v) is 2.80. The molecule has 0 amide bonds. The van der Waals surface area contributed by atoms with Crippen LogP contribution in [0.25, 0.3) is 11.0 Å². The maximum Gasteiger partial charge on any atom is 0.151 e. The number of sulfone groups is 1. The zero-order chi connectivity index (χ0) is 13.2. The van der Waals surface area contributed by atoms with Gasteiger partial charge in [-0.25, -0.2) is 8.42 Å². The first-order valence-corrected chi connectivity index (χ1v) is 8.23. The maximum absolute atomic E-state index is 11.3. The zero-order valence-electron chi connectivity index (χ0n) is 10.8. The lowest BCUT2D eigenvalue weighted by molar-refractivity contribution is 0.536. The summed E-state index contributed by atoms with van der Waals surface area (Å²) in [5.74, 6) is 1.06. The molecular formula is C14H18O3S. The van der Waals surface area contributed by atoms with Crippen LogP contribution in [-0.2, 0) is 22.0 Å². The molecule has 0 fully saturated rings. The summed E-state index contributed by atoms with van der Waals surface area (Å²) < 4.78 is 28.2. The van der Waals surface area contributed by atoms with E-state index in [4.69, 9.17) is 4.42 Å². The summed E-state index contributed by atoms with van der Waals surface area (Å²) in [5, 5.41) is 0.988. The summed E-state index contributed by atoms with van der Waals surface area (Å²) in [6.45, 7) is 2.15. The topological polar surface area (TPSA) is 47.3 Å². The van der Waals surface area contributed by atoms with Crippen LogP contribution in [0.15, 0.2) is 28.7 Å². The largest absolute Gasteiger partial charge is 0.461 e. The number of hydrogen-bond acceptors (Lipinski definition) is 3. The van der Waals surface area contributed by atoms with Gasteiger partial charge in [0.2, 0.25) is 0 Å². The Balaban J connectivity index is 2.28. The lowest BCUT2D eigenvalue weighted by Gasteiger charge is -1.98. The van der Waals surface area contributed by atoms with Crippen LogP contribution in [0.4, 0.5) is 0 Å². The second-order valence-electron chi connectivity index (χ2n) is 4.76. The molecule has 2 aromatic rings. The van der Waals surface area contributed by atoms with E-state index >= 15 is 0 Å². The fourth-order valence-electron chi connectivity index (χ4n) is 2.01. The van der Waals surface area contributed by atoms with Gasteiger partial charge in [0, 0.05) is 18.1 Å². The molecule has 0 aliphatic heterocycles. The standard InChI is InChI=1S/C14H18O3S/c1-3-4-5-13-9-12-8-11(10-18(2,15)16)6-7-14(12)17-13/h6-9H,3-5,10H2,1-2H3. The Morgan fingerprint density at radius 3 is 2.67 bits per heavy atom. The summed E-state index contributed by atoms with van der Waals surface area (Å²) in [7, 11) is -2.98. The van der Waals surface area contributed by atoms with Crippen LogP contribution in [0.5, 0.6) is 0 Å². The maximum atomic E-state index is 11.3. The fraction of sp³-hybridized carbons (Fsp3) is 0.429. The SMILES string of the molecule is CCCCc1cc2cc(CS(C)(=O)=O)ccc2o1. The minimum absolute atomic E-state index is 0.0818. The van der Waals surface area contributed by atoms with Crippen LogP contribution in [-0.4, -0.2) is 14.7 Å². The molecule has 1 aromatic carbocycles. The predicted octanol–water partition coefficient (Wildman–Crippen LogP) is 3.32. The van der Waals surface area contributed by atoms with Crippen LogP contribution in [0, 0.1) is 0 Å². The van der Waals surface area contributed by atoms with Gasteiger partial charge in [-0.15, -0.1) is 0 Å². The molecule has 0 atom stereocenters. The summed E-state index contributed by atoms with van der Waals surface area (Å²) in [6, 6.07) is 7.58. The third-order valence-electron chi connectivity index (χ3n) is 2.84. The van der Waals surface area contributed by atoms with Crippen molar-refractivity contribution in [1.82, 2.24) is 0 Å². The second-order valence-corrected chi connectivity index (χ2v) is 6.90. The van der Waals surface area contributed by atoms with Crippen molar-refractivity contribution < 1.29 is 12.8 Å². The number of benzene rings is 1. The molecule has 1 aromatic heterocycles. The molecule has 0 aliphatic rings. The number of aryl methyl sites for hydroxylation is 1. The van der Waals surface area contributed by atoms with Gasteiger partial charge in [-0.05, 0) is 30.2 Å². The molecule has 0 radical (unpaired) electrons. The highest BCUT2D eigenvalue weighted by Gasteiger charge is 2.08. The molecule has 3 nitrogen and oxygen atoms in total. The quantitative estimate of drug-likeness (QED) is 0.834. The van der Waals surface area contributed by atoms with E-state index in [1.165, 1.54) is 6.26 Å². The van der Waals surface area contributed by atoms with E-state index in [2.05, 4.69) is 6.92 Å². The molecule has 0 bridgehead atoms. The lowest BCUT2D eigenvalue weighted by atomic mass is 10.1. The number of rotatable bonds is 5. The van der Waals surface area contributed by atoms with Gasteiger partial charge < -0.3 is 4.42 Å². The number of hydrogen-bond donors (Lipinski definition) is 0. The predicted molar refractivity (Wildman–Crippen MR) is 73.4 cm³/mol. The molecule has 1 heterocycles. The average molecular weight is 266 g/mol. The summed E-state index contributed by atoms with van der Waals surface area (Å²) in [4.78, 5) is 0. The van der Waals surface area contributed by atoms with E-state index in [1.54, 1.807) is 0 Å². The van der Waals surface area contributed by atoms with Gasteiger partial charge in [0.05, 0.1) is 5.75 Å². The molecule has 0 saturated carbocycles. The molecule has 4 heteroatoms. The summed E-state index contributed by atoms with van der Waals surface area (Å²) in [5.41, 5.74) is 1.64. The number of furan rings is 1. The van der Waals surface area contributed by atoms with Gasteiger partial charge in [0.25, 0.3) is 0 Å². The van der Waals surface area contributed by atoms with Crippen molar-refractivity contribution in [3.05, 3.63) is 35.6 Å². The first-order valence-electron chi connectivity index (χ1n) is 6.17. The molecule has 0 N–H and O–H groups in total. The van der Waals surface area contributed by atoms with E-state index in [9.17, 15) is 8.42 Å². The Morgan fingerprint density at radius 2 is 2.00 bits per heavy atom. The Kier molecular flexibility index (Phi) is 3.76. The van der Waals surface area contributed by atoms with Crippen LogP contribution in [0.2, 0.25) is 0 Å². The summed E-state index contributed by atoms with van der Waals surface area (Å²) in [6.07, 6.45) is 4.43. The van der Waals surface area contributed by atoms with Gasteiger partial charge in [0.1, 0.15) is 11.3 Å². The third kappa shape index (κ3) is 3.35. The zero-order valence-corrected chi connectivity index (χ0v) is 11.6. The van der Waals surface area contributed by atoms with Gasteiger partial charge >= 0.3 is 0 Å². The summed E-state index contributed by atoms with van der Waals surface area (Å²) >= 11 is 0. The smallest absolute Gasteiger partial charge is 0.151 e. The van der Waals surface area contributed by atoms with Crippen molar-refractivity contribution in [3.8, 4) is 0 Å². The molecule has 0 saturated heterocycles. The van der Waals surface area contributed by atoms with E-state index in [0.29, 0.717) is 0 Å². The van der Waals surface area contributed by atoms with E-state index in [0.717, 1.165) is 41.6 Å². The van der Waals surface area contributed by atoms with Crippen molar-refractivity contribution >= 4 is 20.8 Å². The van der Waals surface area contributed by atoms with Gasteiger partial charge in [0.15, 0.2) is 9.84 Å². The number of unbranched alkanes of at least 4 members (excludes halogenated alkanes) is 1. The molecule has 2 rings (SSSR count).